The number of aryl methyl sites for hydroxylation is 1. The maximum absolute atomic E-state index is 13.2. The van der Waals surface area contributed by atoms with Crippen molar-refractivity contribution < 1.29 is 22.7 Å². The number of nitrogens with zero attached hydrogens (tertiary/aromatic N) is 2. The number of esters is 1. The van der Waals surface area contributed by atoms with Crippen LogP contribution >= 0.6 is 0 Å². The van der Waals surface area contributed by atoms with E-state index in [0.29, 0.717) is 24.0 Å². The molecular formula is C24H26N4O6S. The number of hydrogen-bond donors (Lipinski definition) is 2. The molecule has 0 atom stereocenters. The monoisotopic (exact) mass is 498 g/mol. The second-order valence-corrected chi connectivity index (χ2v) is 10.3. The average Bonchev–Trinajstić information content (AvgIpc) is 3.14. The third-order valence-corrected chi connectivity index (χ3v) is 7.92. The van der Waals surface area contributed by atoms with E-state index in [1.165, 1.54) is 10.4 Å². The first-order chi connectivity index (χ1) is 16.8. The van der Waals surface area contributed by atoms with E-state index >= 15 is 0 Å². The molecule has 0 aliphatic carbocycles. The summed E-state index contributed by atoms with van der Waals surface area (Å²) in [4.78, 5) is 36.9. The van der Waals surface area contributed by atoms with Crippen molar-refractivity contribution in [3.63, 3.8) is 0 Å². The van der Waals surface area contributed by atoms with Crippen molar-refractivity contribution in [1.29, 1.82) is 0 Å². The summed E-state index contributed by atoms with van der Waals surface area (Å²) >= 11 is 0. The summed E-state index contributed by atoms with van der Waals surface area (Å²) in [7, 11) is -3.70. The van der Waals surface area contributed by atoms with Gasteiger partial charge in [0.1, 0.15) is 0 Å². The number of sulfonamides is 1. The van der Waals surface area contributed by atoms with Gasteiger partial charge in [-0.15, -0.1) is 0 Å². The zero-order chi connectivity index (χ0) is 25.0. The number of amides is 1. The quantitative estimate of drug-likeness (QED) is 0.498. The second kappa shape index (κ2) is 10.4. The number of H-pyrrole nitrogens is 1. The normalized spacial score (nSPS) is 14.9. The molecule has 11 heteroatoms. The summed E-state index contributed by atoms with van der Waals surface area (Å²) in [5.74, 6) is -1.52. The minimum Gasteiger partial charge on any atom is -0.451 e. The molecular weight excluding hydrogens is 472 g/mol. The third kappa shape index (κ3) is 5.41. The van der Waals surface area contributed by atoms with E-state index < -0.39 is 34.1 Å². The number of fused-ring (bicyclic) bond motifs is 1. The van der Waals surface area contributed by atoms with Gasteiger partial charge < -0.3 is 10.1 Å². The molecule has 35 heavy (non-hydrogen) atoms. The Bertz CT molecular complexity index is 1430. The SMILES string of the molecule is Cc1ccc(NC(=O)COC(=O)c2n[nH]c(=O)c3ccccc23)cc1S(=O)(=O)N1CCCCCC1. The number of aromatic amines is 1. The van der Waals surface area contributed by atoms with E-state index in [0.717, 1.165) is 25.7 Å². The van der Waals surface area contributed by atoms with Gasteiger partial charge >= 0.3 is 5.97 Å². The van der Waals surface area contributed by atoms with Gasteiger partial charge in [-0.2, -0.15) is 9.40 Å². The molecule has 0 radical (unpaired) electrons. The van der Waals surface area contributed by atoms with Crippen molar-refractivity contribution in [3.8, 4) is 0 Å². The number of anilines is 1. The molecule has 2 aromatic carbocycles. The molecule has 2 N–H and O–H groups in total. The maximum Gasteiger partial charge on any atom is 0.359 e. The highest BCUT2D eigenvalue weighted by molar-refractivity contribution is 7.89. The number of ether oxygens (including phenoxy) is 1. The van der Waals surface area contributed by atoms with E-state index in [1.807, 2.05) is 0 Å². The van der Waals surface area contributed by atoms with E-state index in [9.17, 15) is 22.8 Å². The maximum atomic E-state index is 13.2. The molecule has 1 fully saturated rings. The molecule has 0 bridgehead atoms. The van der Waals surface area contributed by atoms with Crippen LogP contribution in [-0.4, -0.2) is 54.5 Å². The van der Waals surface area contributed by atoms with Gasteiger partial charge in [0.15, 0.2) is 12.3 Å². The van der Waals surface area contributed by atoms with Crippen molar-refractivity contribution in [1.82, 2.24) is 14.5 Å². The molecule has 1 amide bonds. The number of benzene rings is 2. The lowest BCUT2D eigenvalue weighted by Gasteiger charge is -2.21. The van der Waals surface area contributed by atoms with Crippen LogP contribution in [-0.2, 0) is 19.6 Å². The molecule has 0 spiro atoms. The van der Waals surface area contributed by atoms with Crippen molar-refractivity contribution in [2.24, 2.45) is 0 Å². The number of rotatable bonds is 6. The zero-order valence-corrected chi connectivity index (χ0v) is 20.1. The Hall–Kier alpha value is -3.57. The number of aromatic nitrogens is 2. The molecule has 10 nitrogen and oxygen atoms in total. The van der Waals surface area contributed by atoms with Gasteiger partial charge in [-0.3, -0.25) is 9.59 Å². The van der Waals surface area contributed by atoms with E-state index in [2.05, 4.69) is 15.5 Å². The van der Waals surface area contributed by atoms with Gasteiger partial charge in [-0.05, 0) is 43.5 Å². The summed E-state index contributed by atoms with van der Waals surface area (Å²) < 4.78 is 33.0. The molecule has 0 unspecified atom stereocenters. The second-order valence-electron chi connectivity index (χ2n) is 8.37. The standard InChI is InChI=1S/C24H26N4O6S/c1-16-10-11-17(14-20(16)35(32,33)28-12-6-2-3-7-13-28)25-21(29)15-34-24(31)22-18-8-4-5-9-19(18)23(30)27-26-22/h4-5,8-11,14H,2-3,6-7,12-13,15H2,1H3,(H,25,29)(H,27,30). The van der Waals surface area contributed by atoms with Gasteiger partial charge in [0.25, 0.3) is 11.5 Å². The van der Waals surface area contributed by atoms with Crippen LogP contribution in [0.15, 0.2) is 52.2 Å². The molecule has 184 valence electrons. The first kappa shape index (κ1) is 24.6. The summed E-state index contributed by atoms with van der Waals surface area (Å²) in [6.45, 7) is 2.04. The summed E-state index contributed by atoms with van der Waals surface area (Å²) in [5.41, 5.74) is 0.293. The van der Waals surface area contributed by atoms with Crippen LogP contribution in [0.25, 0.3) is 10.8 Å². The highest BCUT2D eigenvalue weighted by Crippen LogP contribution is 2.26. The van der Waals surface area contributed by atoms with Crippen LogP contribution < -0.4 is 10.9 Å². The first-order valence-corrected chi connectivity index (χ1v) is 12.8. The Morgan fingerprint density at radius 1 is 1.06 bits per heavy atom. The van der Waals surface area contributed by atoms with Gasteiger partial charge in [0, 0.05) is 24.2 Å². The molecule has 3 aromatic rings. The van der Waals surface area contributed by atoms with Crippen LogP contribution in [0.5, 0.6) is 0 Å². The van der Waals surface area contributed by atoms with Gasteiger partial charge in [-0.25, -0.2) is 18.3 Å². The summed E-state index contributed by atoms with van der Waals surface area (Å²) in [6, 6.07) is 11.1. The van der Waals surface area contributed by atoms with Crippen LogP contribution in [0.2, 0.25) is 0 Å². The highest BCUT2D eigenvalue weighted by Gasteiger charge is 2.27. The van der Waals surface area contributed by atoms with Gasteiger partial charge in [-0.1, -0.05) is 37.1 Å². The Labute approximate surface area is 202 Å². The van der Waals surface area contributed by atoms with Crippen LogP contribution in [0, 0.1) is 6.92 Å². The predicted molar refractivity (Wildman–Crippen MR) is 130 cm³/mol. The minimum atomic E-state index is -3.70. The van der Waals surface area contributed by atoms with Crippen molar-refractivity contribution >= 4 is 38.4 Å². The van der Waals surface area contributed by atoms with Crippen molar-refractivity contribution in [2.75, 3.05) is 25.0 Å². The van der Waals surface area contributed by atoms with E-state index in [-0.39, 0.29) is 21.7 Å². The fourth-order valence-electron chi connectivity index (χ4n) is 4.04. The molecule has 1 aliphatic rings. The van der Waals surface area contributed by atoms with Crippen molar-refractivity contribution in [2.45, 2.75) is 37.5 Å². The lowest BCUT2D eigenvalue weighted by Crippen LogP contribution is -2.32. The number of hydrogen-bond acceptors (Lipinski definition) is 7. The lowest BCUT2D eigenvalue weighted by atomic mass is 10.1. The lowest BCUT2D eigenvalue weighted by molar-refractivity contribution is -0.119. The fraction of sp³-hybridized carbons (Fsp3) is 0.333. The Kier molecular flexibility index (Phi) is 7.27. The zero-order valence-electron chi connectivity index (χ0n) is 19.2. The molecule has 0 saturated carbocycles. The molecule has 4 rings (SSSR count). The average molecular weight is 499 g/mol. The van der Waals surface area contributed by atoms with E-state index in [4.69, 9.17) is 4.74 Å². The Morgan fingerprint density at radius 2 is 1.74 bits per heavy atom. The first-order valence-electron chi connectivity index (χ1n) is 11.3. The van der Waals surface area contributed by atoms with Crippen LogP contribution in [0.3, 0.4) is 0 Å². The van der Waals surface area contributed by atoms with Gasteiger partial charge in [0.05, 0.1) is 10.3 Å². The number of carbonyl (C=O) groups excluding carboxylic acids is 2. The molecule has 1 aliphatic heterocycles. The topological polar surface area (TPSA) is 139 Å². The summed E-state index contributed by atoms with van der Waals surface area (Å²) in [5, 5.41) is 9.15. The van der Waals surface area contributed by atoms with Crippen molar-refractivity contribution in [3.05, 3.63) is 64.1 Å². The van der Waals surface area contributed by atoms with E-state index in [1.54, 1.807) is 43.3 Å². The Balaban J connectivity index is 1.45. The van der Waals surface area contributed by atoms with Gasteiger partial charge in [0.2, 0.25) is 10.0 Å². The molecule has 2 heterocycles. The number of nitrogens with one attached hydrogen (secondary N) is 2. The number of carbonyl (C=O) groups is 2. The highest BCUT2D eigenvalue weighted by atomic mass is 32.2. The fourth-order valence-corrected chi connectivity index (χ4v) is 5.81. The molecule has 1 saturated heterocycles. The minimum absolute atomic E-state index is 0.117. The summed E-state index contributed by atoms with van der Waals surface area (Å²) in [6.07, 6.45) is 3.65. The third-order valence-electron chi connectivity index (χ3n) is 5.88. The predicted octanol–water partition coefficient (Wildman–Crippen LogP) is 2.59. The largest absolute Gasteiger partial charge is 0.451 e. The Morgan fingerprint density at radius 3 is 2.46 bits per heavy atom. The van der Waals surface area contributed by atoms with Crippen LogP contribution in [0.4, 0.5) is 5.69 Å². The smallest absolute Gasteiger partial charge is 0.359 e. The molecule has 1 aromatic heterocycles. The van der Waals surface area contributed by atoms with Crippen LogP contribution in [0.1, 0.15) is 41.7 Å².